The second-order valence-electron chi connectivity index (χ2n) is 5.44. The Kier molecular flexibility index (Phi) is 5.05. The maximum atomic E-state index is 12.4. The zero-order valence-corrected chi connectivity index (χ0v) is 13.1. The van der Waals surface area contributed by atoms with Gasteiger partial charge in [-0.25, -0.2) is 0 Å². The number of tetrazole rings is 1. The lowest BCUT2D eigenvalue weighted by atomic mass is 9.98. The Morgan fingerprint density at radius 2 is 2.09 bits per heavy atom. The highest BCUT2D eigenvalue weighted by molar-refractivity contribution is 7.99. The Hall–Kier alpha value is -1.89. The van der Waals surface area contributed by atoms with Gasteiger partial charge in [-0.3, -0.25) is 4.79 Å². The molecule has 0 aliphatic carbocycles. The summed E-state index contributed by atoms with van der Waals surface area (Å²) in [5.74, 6) is 3.34. The van der Waals surface area contributed by atoms with Crippen molar-refractivity contribution in [2.75, 3.05) is 11.5 Å². The molecule has 0 spiro atoms. The van der Waals surface area contributed by atoms with Crippen molar-refractivity contribution in [2.45, 2.75) is 25.3 Å². The van der Waals surface area contributed by atoms with Gasteiger partial charge in [0.25, 0.3) is 0 Å². The van der Waals surface area contributed by atoms with Gasteiger partial charge in [-0.2, -0.15) is 17.0 Å². The highest BCUT2D eigenvalue weighted by Crippen LogP contribution is 2.26. The number of carbonyl (C=O) groups is 1. The molecule has 1 fully saturated rings. The van der Waals surface area contributed by atoms with E-state index in [4.69, 9.17) is 0 Å². The van der Waals surface area contributed by atoms with Crippen LogP contribution < -0.4 is 5.32 Å². The molecule has 1 unspecified atom stereocenters. The lowest BCUT2D eigenvalue weighted by Gasteiger charge is -2.22. The van der Waals surface area contributed by atoms with E-state index in [1.807, 2.05) is 42.1 Å². The molecule has 2 aromatic rings. The van der Waals surface area contributed by atoms with Crippen LogP contribution in [-0.4, -0.2) is 38.0 Å². The molecule has 22 heavy (non-hydrogen) atoms. The summed E-state index contributed by atoms with van der Waals surface area (Å²) in [6, 6.07) is 9.38. The smallest absolute Gasteiger partial charge is 0.221 e. The van der Waals surface area contributed by atoms with Crippen molar-refractivity contribution in [3.8, 4) is 0 Å². The number of carbonyl (C=O) groups excluding carboxylic acids is 1. The molecule has 1 amide bonds. The van der Waals surface area contributed by atoms with E-state index in [9.17, 15) is 4.79 Å². The third-order valence-corrected chi connectivity index (χ3v) is 4.92. The van der Waals surface area contributed by atoms with Crippen molar-refractivity contribution < 1.29 is 4.79 Å². The summed E-state index contributed by atoms with van der Waals surface area (Å²) >= 11 is 1.97. The van der Waals surface area contributed by atoms with Crippen LogP contribution in [0.3, 0.4) is 0 Å². The first kappa shape index (κ1) is 15.0. The van der Waals surface area contributed by atoms with Gasteiger partial charge >= 0.3 is 0 Å². The molecule has 116 valence electrons. The van der Waals surface area contributed by atoms with Gasteiger partial charge in [-0.1, -0.05) is 35.5 Å². The molecule has 1 aromatic carbocycles. The SMILES string of the molecule is O=C(CC1CCSCC1)NC(c1ccccc1)c1nn[nH]n1. The molecule has 3 rings (SSSR count). The molecule has 2 heterocycles. The molecule has 2 N–H and O–H groups in total. The number of rotatable bonds is 5. The van der Waals surface area contributed by atoms with Gasteiger partial charge in [0.1, 0.15) is 6.04 Å². The summed E-state index contributed by atoms with van der Waals surface area (Å²) in [6.07, 6.45) is 2.81. The van der Waals surface area contributed by atoms with Crippen molar-refractivity contribution in [3.63, 3.8) is 0 Å². The summed E-state index contributed by atoms with van der Waals surface area (Å²) in [7, 11) is 0. The standard InChI is InChI=1S/C15H19N5OS/c21-13(10-11-6-8-22-9-7-11)16-14(15-17-19-20-18-15)12-4-2-1-3-5-12/h1-5,11,14H,6-10H2,(H,16,21)(H,17,18,19,20). The lowest BCUT2D eigenvalue weighted by Crippen LogP contribution is -2.32. The Morgan fingerprint density at radius 1 is 1.32 bits per heavy atom. The second-order valence-corrected chi connectivity index (χ2v) is 6.67. The van der Waals surface area contributed by atoms with Gasteiger partial charge in [-0.15, -0.1) is 10.2 Å². The minimum atomic E-state index is -0.356. The number of thioether (sulfide) groups is 1. The maximum absolute atomic E-state index is 12.4. The largest absolute Gasteiger partial charge is 0.342 e. The van der Waals surface area contributed by atoms with Crippen LogP contribution in [0.1, 0.15) is 36.7 Å². The van der Waals surface area contributed by atoms with Crippen LogP contribution in [0.25, 0.3) is 0 Å². The van der Waals surface area contributed by atoms with Gasteiger partial charge in [0, 0.05) is 6.42 Å². The zero-order chi connectivity index (χ0) is 15.2. The van der Waals surface area contributed by atoms with Crippen LogP contribution in [0, 0.1) is 5.92 Å². The third-order valence-electron chi connectivity index (χ3n) is 3.87. The molecular weight excluding hydrogens is 298 g/mol. The van der Waals surface area contributed by atoms with Crippen LogP contribution in [0.4, 0.5) is 0 Å². The fourth-order valence-corrected chi connectivity index (χ4v) is 3.87. The molecular formula is C15H19N5OS. The van der Waals surface area contributed by atoms with Crippen LogP contribution in [0.15, 0.2) is 30.3 Å². The van der Waals surface area contributed by atoms with E-state index in [0.29, 0.717) is 18.2 Å². The number of H-pyrrole nitrogens is 1. The van der Waals surface area contributed by atoms with E-state index in [1.165, 1.54) is 0 Å². The second kappa shape index (κ2) is 7.40. The number of amides is 1. The molecule has 1 aliphatic rings. The number of hydrogen-bond acceptors (Lipinski definition) is 5. The van der Waals surface area contributed by atoms with Crippen molar-refractivity contribution >= 4 is 17.7 Å². The normalized spacial score (nSPS) is 17.1. The van der Waals surface area contributed by atoms with E-state index in [-0.39, 0.29) is 11.9 Å². The zero-order valence-electron chi connectivity index (χ0n) is 12.2. The predicted octanol–water partition coefficient (Wildman–Crippen LogP) is 1.94. The number of benzene rings is 1. The van der Waals surface area contributed by atoms with Crippen molar-refractivity contribution in [2.24, 2.45) is 5.92 Å². The topological polar surface area (TPSA) is 83.6 Å². The maximum Gasteiger partial charge on any atom is 0.221 e. The van der Waals surface area contributed by atoms with Crippen molar-refractivity contribution in [1.82, 2.24) is 25.9 Å². The summed E-state index contributed by atoms with van der Waals surface area (Å²) in [5.41, 5.74) is 0.955. The molecule has 0 saturated carbocycles. The summed E-state index contributed by atoms with van der Waals surface area (Å²) in [5, 5.41) is 17.2. The van der Waals surface area contributed by atoms with Crippen molar-refractivity contribution in [3.05, 3.63) is 41.7 Å². The molecule has 7 heteroatoms. The summed E-state index contributed by atoms with van der Waals surface area (Å²) < 4.78 is 0. The first-order valence-corrected chi connectivity index (χ1v) is 8.64. The molecule has 0 bridgehead atoms. The van der Waals surface area contributed by atoms with Crippen LogP contribution in [0.2, 0.25) is 0 Å². The Balaban J connectivity index is 1.69. The highest BCUT2D eigenvalue weighted by Gasteiger charge is 2.23. The average molecular weight is 317 g/mol. The van der Waals surface area contributed by atoms with E-state index >= 15 is 0 Å². The third kappa shape index (κ3) is 3.85. The fraction of sp³-hybridized carbons (Fsp3) is 0.467. The highest BCUT2D eigenvalue weighted by atomic mass is 32.2. The Bertz CT molecular complexity index is 583. The molecule has 1 aliphatic heterocycles. The minimum Gasteiger partial charge on any atom is -0.342 e. The first-order valence-electron chi connectivity index (χ1n) is 7.48. The lowest BCUT2D eigenvalue weighted by molar-refractivity contribution is -0.122. The van der Waals surface area contributed by atoms with Gasteiger partial charge in [0.15, 0.2) is 0 Å². The van der Waals surface area contributed by atoms with Gasteiger partial charge in [-0.05, 0) is 35.8 Å². The quantitative estimate of drug-likeness (QED) is 0.880. The number of aromatic nitrogens is 4. The summed E-state index contributed by atoms with van der Waals surface area (Å²) in [6.45, 7) is 0. The summed E-state index contributed by atoms with van der Waals surface area (Å²) in [4.78, 5) is 12.4. The van der Waals surface area contributed by atoms with E-state index < -0.39 is 0 Å². The van der Waals surface area contributed by atoms with Gasteiger partial charge in [0.2, 0.25) is 11.7 Å². The van der Waals surface area contributed by atoms with E-state index in [2.05, 4.69) is 25.9 Å². The monoisotopic (exact) mass is 317 g/mol. The number of nitrogens with zero attached hydrogens (tertiary/aromatic N) is 3. The number of hydrogen-bond donors (Lipinski definition) is 2. The van der Waals surface area contributed by atoms with Gasteiger partial charge < -0.3 is 5.32 Å². The van der Waals surface area contributed by atoms with Crippen LogP contribution in [0.5, 0.6) is 0 Å². The van der Waals surface area contributed by atoms with E-state index in [1.54, 1.807) is 0 Å². The number of aromatic amines is 1. The van der Waals surface area contributed by atoms with Gasteiger partial charge in [0.05, 0.1) is 0 Å². The average Bonchev–Trinajstić information content (AvgIpc) is 3.08. The van der Waals surface area contributed by atoms with Crippen LogP contribution >= 0.6 is 11.8 Å². The Morgan fingerprint density at radius 3 is 2.77 bits per heavy atom. The molecule has 1 aromatic heterocycles. The number of nitrogens with one attached hydrogen (secondary N) is 2. The molecule has 0 radical (unpaired) electrons. The van der Waals surface area contributed by atoms with Crippen LogP contribution in [-0.2, 0) is 4.79 Å². The molecule has 1 atom stereocenters. The van der Waals surface area contributed by atoms with E-state index in [0.717, 1.165) is 29.9 Å². The fourth-order valence-electron chi connectivity index (χ4n) is 2.67. The Labute approximate surface area is 133 Å². The minimum absolute atomic E-state index is 0.0514. The first-order chi connectivity index (χ1) is 10.8. The van der Waals surface area contributed by atoms with Crippen molar-refractivity contribution in [1.29, 1.82) is 0 Å². The molecule has 1 saturated heterocycles. The molecule has 6 nitrogen and oxygen atoms in total. The predicted molar refractivity (Wildman–Crippen MR) is 85.3 cm³/mol.